The number of carbonyl (C=O) groups excluding carboxylic acids is 1. The first kappa shape index (κ1) is 20.7. The Labute approximate surface area is 173 Å². The van der Waals surface area contributed by atoms with Crippen LogP contribution in [0, 0.1) is 0 Å². The molecule has 1 aromatic carbocycles. The number of thiazole rings is 1. The van der Waals surface area contributed by atoms with E-state index in [0.717, 1.165) is 23.0 Å². The molecular weight excluding hydrogens is 394 g/mol. The highest BCUT2D eigenvalue weighted by molar-refractivity contribution is 8.01. The first-order valence-electron chi connectivity index (χ1n) is 9.39. The van der Waals surface area contributed by atoms with E-state index >= 15 is 0 Å². The van der Waals surface area contributed by atoms with Gasteiger partial charge in [-0.15, -0.1) is 11.3 Å². The van der Waals surface area contributed by atoms with Crippen molar-refractivity contribution in [1.29, 1.82) is 0 Å². The molecule has 0 spiro atoms. The molecule has 0 aliphatic carbocycles. The highest BCUT2D eigenvalue weighted by Crippen LogP contribution is 2.25. The number of likely N-dealkylation sites (tertiary alicyclic amines) is 1. The summed E-state index contributed by atoms with van der Waals surface area (Å²) in [5.74, 6) is 0.368. The van der Waals surface area contributed by atoms with Gasteiger partial charge in [0.1, 0.15) is 0 Å². The lowest BCUT2D eigenvalue weighted by atomic mass is 10.0. The second kappa shape index (κ2) is 9.43. The largest absolute Gasteiger partial charge is 0.476 e. The Balaban J connectivity index is 1.51. The molecular formula is C20H25N3O3S2. The van der Waals surface area contributed by atoms with Gasteiger partial charge >= 0.3 is 5.97 Å². The summed E-state index contributed by atoms with van der Waals surface area (Å²) in [6.07, 6.45) is 1.45. The molecule has 0 unspecified atom stereocenters. The van der Waals surface area contributed by atoms with E-state index in [2.05, 4.69) is 48.4 Å². The maximum Gasteiger partial charge on any atom is 0.355 e. The van der Waals surface area contributed by atoms with Crippen LogP contribution in [0.5, 0.6) is 0 Å². The number of hydrogen-bond donors (Lipinski definition) is 2. The Bertz CT molecular complexity index is 838. The molecule has 1 saturated heterocycles. The number of anilines is 1. The number of rotatable bonds is 9. The Kier molecular flexibility index (Phi) is 6.96. The second-order valence-electron chi connectivity index (χ2n) is 7.09. The fraction of sp³-hybridized carbons (Fsp3) is 0.450. The van der Waals surface area contributed by atoms with Crippen LogP contribution >= 0.6 is 23.1 Å². The highest BCUT2D eigenvalue weighted by atomic mass is 32.2. The molecule has 0 bridgehead atoms. The zero-order chi connectivity index (χ0) is 20.1. The molecule has 0 radical (unpaired) electrons. The van der Waals surface area contributed by atoms with E-state index in [1.807, 2.05) is 4.90 Å². The number of nitrogens with one attached hydrogen (secondary N) is 1. The summed E-state index contributed by atoms with van der Waals surface area (Å²) in [7, 11) is 0. The summed E-state index contributed by atoms with van der Waals surface area (Å²) in [4.78, 5) is 29.2. The number of benzene rings is 1. The number of amides is 1. The van der Waals surface area contributed by atoms with Gasteiger partial charge in [-0.3, -0.25) is 4.79 Å². The van der Waals surface area contributed by atoms with Crippen LogP contribution in [0.2, 0.25) is 0 Å². The van der Waals surface area contributed by atoms with Gasteiger partial charge in [-0.2, -0.15) is 0 Å². The second-order valence-corrected chi connectivity index (χ2v) is 9.29. The molecule has 2 heterocycles. The quantitative estimate of drug-likeness (QED) is 0.594. The van der Waals surface area contributed by atoms with Crippen LogP contribution in [0.1, 0.15) is 48.7 Å². The van der Waals surface area contributed by atoms with Crippen molar-refractivity contribution in [3.05, 3.63) is 40.9 Å². The Hall–Kier alpha value is -2.06. The van der Waals surface area contributed by atoms with Crippen molar-refractivity contribution < 1.29 is 14.7 Å². The van der Waals surface area contributed by atoms with Crippen LogP contribution in [0.3, 0.4) is 0 Å². The van der Waals surface area contributed by atoms with Crippen LogP contribution in [0.25, 0.3) is 0 Å². The number of hydrogen-bond acceptors (Lipinski definition) is 6. The summed E-state index contributed by atoms with van der Waals surface area (Å²) in [6.45, 7) is 5.73. The zero-order valence-corrected chi connectivity index (χ0v) is 17.7. The third-order valence-corrected chi connectivity index (χ3v) is 6.81. The molecule has 0 saturated carbocycles. The van der Waals surface area contributed by atoms with Crippen molar-refractivity contribution in [1.82, 2.24) is 9.88 Å². The van der Waals surface area contributed by atoms with Gasteiger partial charge in [0.25, 0.3) is 0 Å². The van der Waals surface area contributed by atoms with Gasteiger partial charge in [-0.05, 0) is 30.0 Å². The Morgan fingerprint density at radius 1 is 1.46 bits per heavy atom. The van der Waals surface area contributed by atoms with E-state index in [-0.39, 0.29) is 17.6 Å². The topological polar surface area (TPSA) is 82.5 Å². The summed E-state index contributed by atoms with van der Waals surface area (Å²) < 4.78 is 0.726. The van der Waals surface area contributed by atoms with Gasteiger partial charge in [0.05, 0.1) is 0 Å². The van der Waals surface area contributed by atoms with Gasteiger partial charge < -0.3 is 15.3 Å². The number of nitrogens with zero attached hydrogens (tertiary/aromatic N) is 2. The smallest absolute Gasteiger partial charge is 0.355 e. The lowest BCUT2D eigenvalue weighted by Crippen LogP contribution is -2.39. The molecule has 1 aliphatic heterocycles. The summed E-state index contributed by atoms with van der Waals surface area (Å²) in [6, 6.07) is 8.61. The minimum atomic E-state index is -1.01. The monoisotopic (exact) mass is 419 g/mol. The third kappa shape index (κ3) is 5.26. The molecule has 1 fully saturated rings. The summed E-state index contributed by atoms with van der Waals surface area (Å²) in [5.41, 5.74) is 2.46. The maximum absolute atomic E-state index is 12.3. The highest BCUT2D eigenvalue weighted by Gasteiger charge is 2.30. The fourth-order valence-electron chi connectivity index (χ4n) is 3.21. The number of aromatic nitrogens is 1. The van der Waals surface area contributed by atoms with Gasteiger partial charge in [-0.1, -0.05) is 37.7 Å². The third-order valence-electron chi connectivity index (χ3n) is 4.81. The van der Waals surface area contributed by atoms with Crippen molar-refractivity contribution >= 4 is 40.7 Å². The van der Waals surface area contributed by atoms with E-state index in [0.29, 0.717) is 24.6 Å². The lowest BCUT2D eigenvalue weighted by Gasteiger charge is -2.25. The molecule has 1 amide bonds. The van der Waals surface area contributed by atoms with Gasteiger partial charge in [-0.25, -0.2) is 9.78 Å². The van der Waals surface area contributed by atoms with E-state index in [9.17, 15) is 9.59 Å². The average molecular weight is 420 g/mol. The summed E-state index contributed by atoms with van der Waals surface area (Å²) in [5, 5.41) is 14.0. The van der Waals surface area contributed by atoms with Crippen molar-refractivity contribution in [3.8, 4) is 0 Å². The molecule has 8 heteroatoms. The minimum absolute atomic E-state index is 0.0791. The van der Waals surface area contributed by atoms with Crippen LogP contribution in [0.15, 0.2) is 34.0 Å². The van der Waals surface area contributed by atoms with Crippen molar-refractivity contribution in [2.75, 3.05) is 24.2 Å². The Morgan fingerprint density at radius 3 is 3.00 bits per heavy atom. The number of carboxylic acids is 1. The molecule has 150 valence electrons. The Morgan fingerprint density at radius 2 is 2.29 bits per heavy atom. The van der Waals surface area contributed by atoms with Gasteiger partial charge in [0.15, 0.2) is 10.0 Å². The predicted molar refractivity (Wildman–Crippen MR) is 114 cm³/mol. The number of thioether (sulfide) groups is 1. The standard InChI is InChI=1S/C20H25N3O3S2/c1-13(2)14-4-3-5-15(10-14)21-11-16-6-7-18(24)23(16)8-9-27-20-22-17(12-28-20)19(25)26/h3-5,10,12-13,16,21H,6-9,11H2,1-2H3,(H,25,26)/t16-/m1/s1. The molecule has 1 aromatic heterocycles. The molecule has 3 rings (SSSR count). The van der Waals surface area contributed by atoms with E-state index in [1.54, 1.807) is 5.38 Å². The predicted octanol–water partition coefficient (Wildman–Crippen LogP) is 4.16. The number of carboxylic acid groups (broad SMARTS) is 1. The van der Waals surface area contributed by atoms with Crippen LogP contribution in [0.4, 0.5) is 5.69 Å². The lowest BCUT2D eigenvalue weighted by molar-refractivity contribution is -0.128. The molecule has 6 nitrogen and oxygen atoms in total. The normalized spacial score (nSPS) is 16.8. The van der Waals surface area contributed by atoms with E-state index in [1.165, 1.54) is 28.7 Å². The number of carbonyl (C=O) groups is 2. The van der Waals surface area contributed by atoms with E-state index in [4.69, 9.17) is 5.11 Å². The van der Waals surface area contributed by atoms with Gasteiger partial charge in [0, 0.05) is 42.4 Å². The summed E-state index contributed by atoms with van der Waals surface area (Å²) >= 11 is 2.83. The first-order chi connectivity index (χ1) is 13.4. The van der Waals surface area contributed by atoms with E-state index < -0.39 is 5.97 Å². The van der Waals surface area contributed by atoms with Crippen LogP contribution < -0.4 is 5.32 Å². The fourth-order valence-corrected chi connectivity index (χ4v) is 5.02. The maximum atomic E-state index is 12.3. The minimum Gasteiger partial charge on any atom is -0.476 e. The van der Waals surface area contributed by atoms with Gasteiger partial charge in [0.2, 0.25) is 5.91 Å². The molecule has 2 N–H and O–H groups in total. The zero-order valence-electron chi connectivity index (χ0n) is 16.1. The number of aromatic carboxylic acids is 1. The first-order valence-corrected chi connectivity index (χ1v) is 11.3. The van der Waals surface area contributed by atoms with Crippen LogP contribution in [-0.4, -0.2) is 51.8 Å². The van der Waals surface area contributed by atoms with Crippen molar-refractivity contribution in [2.24, 2.45) is 0 Å². The molecule has 1 aliphatic rings. The van der Waals surface area contributed by atoms with Crippen molar-refractivity contribution in [2.45, 2.75) is 43.0 Å². The van der Waals surface area contributed by atoms with Crippen molar-refractivity contribution in [3.63, 3.8) is 0 Å². The molecule has 28 heavy (non-hydrogen) atoms. The SMILES string of the molecule is CC(C)c1cccc(NC[C@H]2CCC(=O)N2CCSc2nc(C(=O)O)cs2)c1. The molecule has 1 atom stereocenters. The average Bonchev–Trinajstić information content (AvgIpc) is 3.28. The molecule has 2 aromatic rings. The van der Waals surface area contributed by atoms with Crippen LogP contribution in [-0.2, 0) is 4.79 Å².